The number of nitrogens with one attached hydrogen (secondary N) is 1. The third-order valence-electron chi connectivity index (χ3n) is 3.27. The fourth-order valence-electron chi connectivity index (χ4n) is 2.06. The van der Waals surface area contributed by atoms with Gasteiger partial charge in [-0.2, -0.15) is 0 Å². The summed E-state index contributed by atoms with van der Waals surface area (Å²) in [6.45, 7) is 7.00. The Bertz CT molecular complexity index is 626. The normalized spacial score (nSPS) is 11.6. The van der Waals surface area contributed by atoms with Crippen molar-refractivity contribution < 1.29 is 9.90 Å². The minimum absolute atomic E-state index is 0.0250. The maximum atomic E-state index is 12.1. The van der Waals surface area contributed by atoms with Gasteiger partial charge in [-0.3, -0.25) is 4.79 Å². The van der Waals surface area contributed by atoms with Gasteiger partial charge in [0.15, 0.2) is 0 Å². The molecular weight excluding hydrogens is 250 g/mol. The molecule has 3 nitrogen and oxygen atoms in total. The first-order valence-electron chi connectivity index (χ1n) is 6.87. The Kier molecular flexibility index (Phi) is 3.98. The molecule has 0 atom stereocenters. The van der Waals surface area contributed by atoms with Crippen LogP contribution in [0.25, 0.3) is 10.8 Å². The van der Waals surface area contributed by atoms with E-state index in [9.17, 15) is 9.90 Å². The average molecular weight is 271 g/mol. The summed E-state index contributed by atoms with van der Waals surface area (Å²) in [6, 6.07) is 11.0. The molecule has 0 saturated heterocycles. The van der Waals surface area contributed by atoms with Gasteiger partial charge in [-0.25, -0.2) is 0 Å². The number of rotatable bonds is 3. The zero-order chi connectivity index (χ0) is 14.8. The number of hydrogen-bond donors (Lipinski definition) is 2. The van der Waals surface area contributed by atoms with Crippen molar-refractivity contribution in [1.29, 1.82) is 0 Å². The van der Waals surface area contributed by atoms with Gasteiger partial charge in [0.1, 0.15) is 5.75 Å². The molecular formula is C17H21NO2. The molecule has 0 aliphatic heterocycles. The van der Waals surface area contributed by atoms with Gasteiger partial charge in [0, 0.05) is 6.54 Å². The Morgan fingerprint density at radius 2 is 1.75 bits per heavy atom. The molecule has 1 amide bonds. The monoisotopic (exact) mass is 271 g/mol. The molecule has 2 aromatic carbocycles. The van der Waals surface area contributed by atoms with Crippen LogP contribution in [0.2, 0.25) is 0 Å². The second-order valence-corrected chi connectivity index (χ2v) is 6.28. The van der Waals surface area contributed by atoms with E-state index in [2.05, 4.69) is 26.1 Å². The number of carbonyl (C=O) groups is 1. The zero-order valence-electron chi connectivity index (χ0n) is 12.2. The summed E-state index contributed by atoms with van der Waals surface area (Å²) in [4.78, 5) is 12.1. The van der Waals surface area contributed by atoms with Crippen molar-refractivity contribution in [3.63, 3.8) is 0 Å². The molecule has 0 spiro atoms. The van der Waals surface area contributed by atoms with Crippen LogP contribution < -0.4 is 5.32 Å². The van der Waals surface area contributed by atoms with Crippen LogP contribution in [0.4, 0.5) is 0 Å². The minimum atomic E-state index is -0.225. The van der Waals surface area contributed by atoms with Gasteiger partial charge in [-0.1, -0.05) is 45.0 Å². The molecule has 0 bridgehead atoms. The molecule has 0 unspecified atom stereocenters. The van der Waals surface area contributed by atoms with Crippen LogP contribution in [0, 0.1) is 5.41 Å². The topological polar surface area (TPSA) is 49.3 Å². The smallest absolute Gasteiger partial charge is 0.255 e. The third-order valence-corrected chi connectivity index (χ3v) is 3.27. The largest absolute Gasteiger partial charge is 0.507 e. The van der Waals surface area contributed by atoms with Crippen molar-refractivity contribution in [3.8, 4) is 5.75 Å². The van der Waals surface area contributed by atoms with Crippen LogP contribution in [-0.4, -0.2) is 17.6 Å². The summed E-state index contributed by atoms with van der Waals surface area (Å²) < 4.78 is 0. The first-order valence-corrected chi connectivity index (χ1v) is 6.87. The molecule has 0 aliphatic carbocycles. The summed E-state index contributed by atoms with van der Waals surface area (Å²) in [5, 5.41) is 14.7. The van der Waals surface area contributed by atoms with E-state index in [1.807, 2.05) is 24.3 Å². The lowest BCUT2D eigenvalue weighted by Crippen LogP contribution is -2.27. The number of phenols is 1. The van der Waals surface area contributed by atoms with Gasteiger partial charge >= 0.3 is 0 Å². The second-order valence-electron chi connectivity index (χ2n) is 6.28. The summed E-state index contributed by atoms with van der Waals surface area (Å²) >= 11 is 0. The van der Waals surface area contributed by atoms with E-state index in [1.54, 1.807) is 12.1 Å². The summed E-state index contributed by atoms with van der Waals surface area (Å²) in [5.74, 6) is -0.200. The van der Waals surface area contributed by atoms with Gasteiger partial charge in [-0.15, -0.1) is 0 Å². The average Bonchev–Trinajstić information content (AvgIpc) is 2.36. The molecule has 2 aromatic rings. The predicted molar refractivity (Wildman–Crippen MR) is 82.0 cm³/mol. The Labute approximate surface area is 119 Å². The van der Waals surface area contributed by atoms with Gasteiger partial charge in [0.25, 0.3) is 5.91 Å². The molecule has 20 heavy (non-hydrogen) atoms. The predicted octanol–water partition coefficient (Wildman–Crippen LogP) is 3.71. The lowest BCUT2D eigenvalue weighted by atomic mass is 9.92. The van der Waals surface area contributed by atoms with Crippen LogP contribution in [0.15, 0.2) is 36.4 Å². The fraction of sp³-hybridized carbons (Fsp3) is 0.353. The van der Waals surface area contributed by atoms with E-state index in [0.29, 0.717) is 12.1 Å². The number of fused-ring (bicyclic) bond motifs is 1. The molecule has 0 saturated carbocycles. The third kappa shape index (κ3) is 3.50. The number of aromatic hydroxyl groups is 1. The van der Waals surface area contributed by atoms with Crippen LogP contribution in [0.5, 0.6) is 5.75 Å². The summed E-state index contributed by atoms with van der Waals surface area (Å²) in [7, 11) is 0. The van der Waals surface area contributed by atoms with Crippen molar-refractivity contribution in [2.24, 2.45) is 5.41 Å². The van der Waals surface area contributed by atoms with Crippen LogP contribution >= 0.6 is 0 Å². The molecule has 0 radical (unpaired) electrons. The van der Waals surface area contributed by atoms with Crippen LogP contribution in [-0.2, 0) is 0 Å². The minimum Gasteiger partial charge on any atom is -0.507 e. The van der Waals surface area contributed by atoms with Crippen molar-refractivity contribution >= 4 is 16.7 Å². The van der Waals surface area contributed by atoms with Crippen molar-refractivity contribution in [1.82, 2.24) is 5.32 Å². The van der Waals surface area contributed by atoms with Gasteiger partial charge in [0.2, 0.25) is 0 Å². The van der Waals surface area contributed by atoms with Crippen molar-refractivity contribution in [2.45, 2.75) is 27.2 Å². The molecule has 106 valence electrons. The SMILES string of the molecule is CC(C)(C)CCNC(=O)c1cc2ccccc2cc1O. The number of carbonyl (C=O) groups excluding carboxylic acids is 1. The lowest BCUT2D eigenvalue weighted by Gasteiger charge is -2.18. The summed E-state index contributed by atoms with van der Waals surface area (Å²) in [5.41, 5.74) is 0.510. The highest BCUT2D eigenvalue weighted by Crippen LogP contribution is 2.25. The number of phenolic OH excluding ortho intramolecular Hbond substituents is 1. The maximum absolute atomic E-state index is 12.1. The van der Waals surface area contributed by atoms with Gasteiger partial charge < -0.3 is 10.4 Å². The number of amides is 1. The van der Waals surface area contributed by atoms with E-state index in [0.717, 1.165) is 17.2 Å². The van der Waals surface area contributed by atoms with Crippen LogP contribution in [0.1, 0.15) is 37.6 Å². The first kappa shape index (κ1) is 14.4. The Morgan fingerprint density at radius 1 is 1.15 bits per heavy atom. The Hall–Kier alpha value is -2.03. The van der Waals surface area contributed by atoms with E-state index < -0.39 is 0 Å². The van der Waals surface area contributed by atoms with E-state index in [-0.39, 0.29) is 17.1 Å². The Balaban J connectivity index is 2.15. The standard InChI is InChI=1S/C17H21NO2/c1-17(2,3)8-9-18-16(20)14-10-12-6-4-5-7-13(12)11-15(14)19/h4-7,10-11,19H,8-9H2,1-3H3,(H,18,20). The van der Waals surface area contributed by atoms with Gasteiger partial charge in [-0.05, 0) is 34.7 Å². The van der Waals surface area contributed by atoms with Gasteiger partial charge in [0.05, 0.1) is 5.56 Å². The number of benzene rings is 2. The number of hydrogen-bond acceptors (Lipinski definition) is 2. The Morgan fingerprint density at radius 3 is 2.35 bits per heavy atom. The molecule has 3 heteroatoms. The molecule has 2 rings (SSSR count). The maximum Gasteiger partial charge on any atom is 0.255 e. The molecule has 0 aliphatic rings. The quantitative estimate of drug-likeness (QED) is 0.894. The highest BCUT2D eigenvalue weighted by Gasteiger charge is 2.14. The fourth-order valence-corrected chi connectivity index (χ4v) is 2.06. The molecule has 0 heterocycles. The second kappa shape index (κ2) is 5.53. The lowest BCUT2D eigenvalue weighted by molar-refractivity contribution is 0.0947. The molecule has 0 aromatic heterocycles. The highest BCUT2D eigenvalue weighted by molar-refractivity contribution is 6.01. The summed E-state index contributed by atoms with van der Waals surface area (Å²) in [6.07, 6.45) is 0.896. The molecule has 0 fully saturated rings. The zero-order valence-corrected chi connectivity index (χ0v) is 12.2. The highest BCUT2D eigenvalue weighted by atomic mass is 16.3. The van der Waals surface area contributed by atoms with E-state index in [1.165, 1.54) is 0 Å². The molecule has 2 N–H and O–H groups in total. The van der Waals surface area contributed by atoms with E-state index >= 15 is 0 Å². The van der Waals surface area contributed by atoms with Crippen LogP contribution in [0.3, 0.4) is 0 Å². The first-order chi connectivity index (χ1) is 9.37. The van der Waals surface area contributed by atoms with Crippen molar-refractivity contribution in [2.75, 3.05) is 6.54 Å². The van der Waals surface area contributed by atoms with E-state index in [4.69, 9.17) is 0 Å². The van der Waals surface area contributed by atoms with Crippen molar-refractivity contribution in [3.05, 3.63) is 42.0 Å².